The lowest BCUT2D eigenvalue weighted by molar-refractivity contribution is -0.000291. The molecule has 0 spiro atoms. The molecule has 140 valence electrons. The van der Waals surface area contributed by atoms with Crippen molar-refractivity contribution in [3.63, 3.8) is 0 Å². The number of fused-ring (bicyclic) bond motifs is 3. The number of allylic oxidation sites excluding steroid dienone is 2. The molecule has 0 saturated carbocycles. The zero-order valence-electron chi connectivity index (χ0n) is 16.6. The van der Waals surface area contributed by atoms with Gasteiger partial charge in [-0.15, -0.1) is 0 Å². The highest BCUT2D eigenvalue weighted by Gasteiger charge is 2.58. The first kappa shape index (κ1) is 17.9. The van der Waals surface area contributed by atoms with Gasteiger partial charge in [-0.1, -0.05) is 62.4 Å². The fraction of sp³-hybridized carbons (Fsp3) is 0.333. The van der Waals surface area contributed by atoms with Crippen molar-refractivity contribution in [3.05, 3.63) is 77.9 Å². The molecule has 3 nitrogen and oxygen atoms in total. The molecule has 2 aromatic rings. The van der Waals surface area contributed by atoms with E-state index in [0.29, 0.717) is 0 Å². The largest absolute Gasteiger partial charge is 0.378 e. The molecular formula is C24H28N2O. The van der Waals surface area contributed by atoms with Crippen LogP contribution in [-0.2, 0) is 10.2 Å². The van der Waals surface area contributed by atoms with Crippen LogP contribution in [-0.4, -0.2) is 33.0 Å². The van der Waals surface area contributed by atoms with Crippen LogP contribution in [0.25, 0.3) is 6.08 Å². The van der Waals surface area contributed by atoms with Gasteiger partial charge >= 0.3 is 0 Å². The second-order valence-corrected chi connectivity index (χ2v) is 8.04. The van der Waals surface area contributed by atoms with Gasteiger partial charge in [0.15, 0.2) is 5.72 Å². The van der Waals surface area contributed by atoms with Gasteiger partial charge in [-0.2, -0.15) is 0 Å². The molecule has 2 aliphatic rings. The highest BCUT2D eigenvalue weighted by atomic mass is 16.5. The molecule has 0 N–H and O–H groups in total. The first-order chi connectivity index (χ1) is 13.0. The van der Waals surface area contributed by atoms with E-state index in [1.165, 1.54) is 22.5 Å². The normalized spacial score (nSPS) is 23.2. The van der Waals surface area contributed by atoms with Gasteiger partial charge in [-0.25, -0.2) is 0 Å². The third-order valence-electron chi connectivity index (χ3n) is 5.93. The summed E-state index contributed by atoms with van der Waals surface area (Å²) < 4.78 is 6.36. The van der Waals surface area contributed by atoms with Crippen molar-refractivity contribution in [3.8, 4) is 0 Å². The van der Waals surface area contributed by atoms with E-state index in [0.717, 1.165) is 13.2 Å². The van der Waals surface area contributed by atoms with E-state index in [2.05, 4.69) is 111 Å². The number of hydrogen-bond acceptors (Lipinski definition) is 3. The minimum Gasteiger partial charge on any atom is -0.378 e. The SMILES string of the molecule is CN(C)c1ccc(/C=C/C=C\C23OCCN2c2ccccc2C3(C)C)cc1. The number of para-hydroxylation sites is 1. The maximum absolute atomic E-state index is 6.36. The van der Waals surface area contributed by atoms with E-state index < -0.39 is 5.72 Å². The summed E-state index contributed by atoms with van der Waals surface area (Å²) in [5.74, 6) is 0. The monoisotopic (exact) mass is 360 g/mol. The Bertz CT molecular complexity index is 880. The Hall–Kier alpha value is -2.52. The number of nitrogens with zero attached hydrogens (tertiary/aromatic N) is 2. The van der Waals surface area contributed by atoms with Crippen molar-refractivity contribution in [1.29, 1.82) is 0 Å². The maximum Gasteiger partial charge on any atom is 0.170 e. The summed E-state index contributed by atoms with van der Waals surface area (Å²) in [7, 11) is 4.11. The van der Waals surface area contributed by atoms with Crippen molar-refractivity contribution in [2.24, 2.45) is 0 Å². The van der Waals surface area contributed by atoms with Crippen LogP contribution in [0.1, 0.15) is 25.0 Å². The number of anilines is 2. The Morgan fingerprint density at radius 3 is 2.48 bits per heavy atom. The van der Waals surface area contributed by atoms with Crippen LogP contribution in [0.15, 0.2) is 66.8 Å². The van der Waals surface area contributed by atoms with Crippen molar-refractivity contribution in [1.82, 2.24) is 0 Å². The van der Waals surface area contributed by atoms with E-state index >= 15 is 0 Å². The predicted octanol–water partition coefficient (Wildman–Crippen LogP) is 4.85. The number of hydrogen-bond donors (Lipinski definition) is 0. The second kappa shape index (κ2) is 6.58. The van der Waals surface area contributed by atoms with Gasteiger partial charge in [0.1, 0.15) is 0 Å². The first-order valence-corrected chi connectivity index (χ1v) is 9.60. The molecule has 27 heavy (non-hydrogen) atoms. The Morgan fingerprint density at radius 1 is 1.00 bits per heavy atom. The lowest BCUT2D eigenvalue weighted by Crippen LogP contribution is -2.51. The Labute approximate surface area is 162 Å². The van der Waals surface area contributed by atoms with Gasteiger partial charge in [0.2, 0.25) is 0 Å². The fourth-order valence-corrected chi connectivity index (χ4v) is 4.37. The quantitative estimate of drug-likeness (QED) is 0.725. The summed E-state index contributed by atoms with van der Waals surface area (Å²) in [6.45, 7) is 6.26. The Kier molecular flexibility index (Phi) is 4.35. The predicted molar refractivity (Wildman–Crippen MR) is 114 cm³/mol. The third-order valence-corrected chi connectivity index (χ3v) is 5.93. The average Bonchev–Trinajstić information content (AvgIpc) is 3.17. The Morgan fingerprint density at radius 2 is 1.74 bits per heavy atom. The molecule has 2 heterocycles. The standard InChI is InChI=1S/C24H28N2O/c1-23(2)21-10-5-6-11-22(21)26-17-18-27-24(23,26)16-8-7-9-19-12-14-20(15-13-19)25(3)4/h5-16H,17-18H2,1-4H3/b9-7+,16-8-. The third kappa shape index (κ3) is 2.78. The van der Waals surface area contributed by atoms with Crippen molar-refractivity contribution in [2.45, 2.75) is 25.0 Å². The van der Waals surface area contributed by atoms with Gasteiger partial charge in [0.05, 0.1) is 6.61 Å². The lowest BCUT2D eigenvalue weighted by atomic mass is 9.77. The molecule has 1 atom stereocenters. The number of rotatable bonds is 4. The fourth-order valence-electron chi connectivity index (χ4n) is 4.37. The smallest absolute Gasteiger partial charge is 0.170 e. The van der Waals surface area contributed by atoms with Crippen LogP contribution >= 0.6 is 0 Å². The zero-order valence-corrected chi connectivity index (χ0v) is 16.6. The van der Waals surface area contributed by atoms with Crippen molar-refractivity contribution in [2.75, 3.05) is 37.0 Å². The summed E-state index contributed by atoms with van der Waals surface area (Å²) in [5, 5.41) is 0. The second-order valence-electron chi connectivity index (χ2n) is 8.04. The number of benzene rings is 2. The molecule has 2 aromatic carbocycles. The molecule has 1 saturated heterocycles. The van der Waals surface area contributed by atoms with E-state index in [-0.39, 0.29) is 5.41 Å². The van der Waals surface area contributed by atoms with Crippen LogP contribution in [0, 0.1) is 0 Å². The molecule has 0 amide bonds. The summed E-state index contributed by atoms with van der Waals surface area (Å²) >= 11 is 0. The molecule has 0 aromatic heterocycles. The Balaban J connectivity index is 1.58. The minimum atomic E-state index is -0.407. The maximum atomic E-state index is 6.36. The van der Waals surface area contributed by atoms with E-state index in [1.807, 2.05) is 0 Å². The van der Waals surface area contributed by atoms with Crippen LogP contribution < -0.4 is 9.80 Å². The van der Waals surface area contributed by atoms with Gasteiger partial charge in [-0.05, 0) is 35.4 Å². The summed E-state index contributed by atoms with van der Waals surface area (Å²) in [6, 6.07) is 17.2. The molecule has 3 heteroatoms. The number of ether oxygens (including phenoxy) is 1. The summed E-state index contributed by atoms with van der Waals surface area (Å²) in [6.07, 6.45) is 8.61. The lowest BCUT2D eigenvalue weighted by Gasteiger charge is -2.39. The molecular weight excluding hydrogens is 332 g/mol. The topological polar surface area (TPSA) is 15.7 Å². The summed E-state index contributed by atoms with van der Waals surface area (Å²) in [5.41, 5.74) is 4.56. The molecule has 1 unspecified atom stereocenters. The molecule has 2 aliphatic heterocycles. The molecule has 0 aliphatic carbocycles. The molecule has 0 radical (unpaired) electrons. The zero-order chi connectivity index (χ0) is 19.1. The van der Waals surface area contributed by atoms with Crippen molar-refractivity contribution < 1.29 is 4.74 Å². The highest BCUT2D eigenvalue weighted by molar-refractivity contribution is 5.68. The van der Waals surface area contributed by atoms with E-state index in [9.17, 15) is 0 Å². The highest BCUT2D eigenvalue weighted by Crippen LogP contribution is 2.54. The van der Waals surface area contributed by atoms with E-state index in [4.69, 9.17) is 4.74 Å². The molecule has 4 rings (SSSR count). The van der Waals surface area contributed by atoms with Gasteiger partial charge in [-0.3, -0.25) is 0 Å². The van der Waals surface area contributed by atoms with Crippen molar-refractivity contribution >= 4 is 17.5 Å². The minimum absolute atomic E-state index is 0.0994. The molecule has 0 bridgehead atoms. The van der Waals surface area contributed by atoms with Gasteiger partial charge < -0.3 is 14.5 Å². The first-order valence-electron chi connectivity index (χ1n) is 9.60. The summed E-state index contributed by atoms with van der Waals surface area (Å²) in [4.78, 5) is 4.52. The van der Waals surface area contributed by atoms with Gasteiger partial charge in [0, 0.05) is 37.4 Å². The van der Waals surface area contributed by atoms with Crippen LogP contribution in [0.2, 0.25) is 0 Å². The van der Waals surface area contributed by atoms with Crippen LogP contribution in [0.4, 0.5) is 11.4 Å². The van der Waals surface area contributed by atoms with Crippen LogP contribution in [0.3, 0.4) is 0 Å². The average molecular weight is 361 g/mol. The van der Waals surface area contributed by atoms with Crippen LogP contribution in [0.5, 0.6) is 0 Å². The van der Waals surface area contributed by atoms with E-state index in [1.54, 1.807) is 0 Å². The molecule has 1 fully saturated rings. The van der Waals surface area contributed by atoms with Gasteiger partial charge in [0.25, 0.3) is 0 Å².